The van der Waals surface area contributed by atoms with Gasteiger partial charge in [0.25, 0.3) is 0 Å². The van der Waals surface area contributed by atoms with Crippen molar-refractivity contribution in [2.45, 2.75) is 19.1 Å². The van der Waals surface area contributed by atoms with Gasteiger partial charge in [-0.05, 0) is 24.6 Å². The van der Waals surface area contributed by atoms with Gasteiger partial charge >= 0.3 is 0 Å². The predicted molar refractivity (Wildman–Crippen MR) is 93.3 cm³/mol. The van der Waals surface area contributed by atoms with E-state index in [1.165, 1.54) is 0 Å². The Balaban J connectivity index is 1.58. The van der Waals surface area contributed by atoms with E-state index in [1.807, 2.05) is 35.8 Å². The van der Waals surface area contributed by atoms with Crippen LogP contribution in [0.4, 0.5) is 5.13 Å². The highest BCUT2D eigenvalue weighted by Crippen LogP contribution is 2.25. The van der Waals surface area contributed by atoms with Crippen LogP contribution >= 0.6 is 11.3 Å². The van der Waals surface area contributed by atoms with Gasteiger partial charge in [0.1, 0.15) is 5.75 Å². The fourth-order valence-corrected chi connectivity index (χ4v) is 3.67. The number of hydrogen-bond acceptors (Lipinski definition) is 6. The van der Waals surface area contributed by atoms with E-state index in [1.54, 1.807) is 18.4 Å². The van der Waals surface area contributed by atoms with Crippen LogP contribution in [-0.2, 0) is 0 Å². The highest BCUT2D eigenvalue weighted by atomic mass is 32.1. The van der Waals surface area contributed by atoms with Crippen molar-refractivity contribution < 1.29 is 9.84 Å². The van der Waals surface area contributed by atoms with Crippen molar-refractivity contribution in [3.63, 3.8) is 0 Å². The molecule has 0 unspecified atom stereocenters. The van der Waals surface area contributed by atoms with Crippen LogP contribution in [-0.4, -0.2) is 54.3 Å². The molecule has 1 N–H and O–H groups in total. The molecule has 0 bridgehead atoms. The van der Waals surface area contributed by atoms with Gasteiger partial charge in [-0.25, -0.2) is 4.98 Å². The molecule has 5 nitrogen and oxygen atoms in total. The molecule has 2 heterocycles. The number of rotatable bonds is 5. The van der Waals surface area contributed by atoms with Crippen molar-refractivity contribution >= 4 is 16.5 Å². The summed E-state index contributed by atoms with van der Waals surface area (Å²) in [5, 5.41) is 13.8. The molecule has 1 aliphatic heterocycles. The van der Waals surface area contributed by atoms with Crippen molar-refractivity contribution in [1.29, 1.82) is 0 Å². The van der Waals surface area contributed by atoms with Gasteiger partial charge in [-0.15, -0.1) is 11.3 Å². The number of piperazine rings is 1. The number of anilines is 1. The number of aromatic nitrogens is 1. The van der Waals surface area contributed by atoms with Crippen LogP contribution in [0, 0.1) is 0 Å². The minimum Gasteiger partial charge on any atom is -0.497 e. The van der Waals surface area contributed by atoms with Gasteiger partial charge in [0.15, 0.2) is 5.13 Å². The van der Waals surface area contributed by atoms with Crippen molar-refractivity contribution in [1.82, 2.24) is 9.88 Å². The standard InChI is InChI=1S/C17H23N3O2S/c1-13(16(21)14-3-5-15(22-2)6-4-14)19-8-10-20(11-9-19)17-18-7-12-23-17/h3-7,12-13,16,21H,8-11H2,1-2H3/t13-,16-/m1/s1. The largest absolute Gasteiger partial charge is 0.497 e. The number of methoxy groups -OCH3 is 1. The van der Waals surface area contributed by atoms with E-state index in [0.29, 0.717) is 0 Å². The van der Waals surface area contributed by atoms with E-state index in [9.17, 15) is 5.11 Å². The maximum Gasteiger partial charge on any atom is 0.185 e. The van der Waals surface area contributed by atoms with Gasteiger partial charge in [0.2, 0.25) is 0 Å². The summed E-state index contributed by atoms with van der Waals surface area (Å²) in [6.07, 6.45) is 1.36. The third-order valence-corrected chi connectivity index (χ3v) is 5.33. The lowest BCUT2D eigenvalue weighted by Gasteiger charge is -2.39. The van der Waals surface area contributed by atoms with Crippen LogP contribution < -0.4 is 9.64 Å². The maximum atomic E-state index is 10.6. The lowest BCUT2D eigenvalue weighted by Crippen LogP contribution is -2.51. The molecule has 2 aromatic rings. The number of hydrogen-bond donors (Lipinski definition) is 1. The second kappa shape index (κ2) is 7.29. The first-order valence-electron chi connectivity index (χ1n) is 7.89. The van der Waals surface area contributed by atoms with Gasteiger partial charge in [-0.3, -0.25) is 4.90 Å². The highest BCUT2D eigenvalue weighted by molar-refractivity contribution is 7.13. The zero-order chi connectivity index (χ0) is 16.2. The molecular formula is C17H23N3O2S. The maximum absolute atomic E-state index is 10.6. The van der Waals surface area contributed by atoms with Crippen molar-refractivity contribution in [2.75, 3.05) is 38.2 Å². The van der Waals surface area contributed by atoms with Gasteiger partial charge in [0.05, 0.1) is 13.2 Å². The van der Waals surface area contributed by atoms with E-state index < -0.39 is 6.10 Å². The summed E-state index contributed by atoms with van der Waals surface area (Å²) in [5.74, 6) is 0.811. The van der Waals surface area contributed by atoms with Crippen LogP contribution in [0.5, 0.6) is 5.75 Å². The van der Waals surface area contributed by atoms with E-state index in [4.69, 9.17) is 4.74 Å². The first-order chi connectivity index (χ1) is 11.2. The fraction of sp³-hybridized carbons (Fsp3) is 0.471. The molecule has 3 rings (SSSR count). The fourth-order valence-electron chi connectivity index (χ4n) is 2.97. The van der Waals surface area contributed by atoms with E-state index >= 15 is 0 Å². The predicted octanol–water partition coefficient (Wildman–Crippen LogP) is 2.40. The Morgan fingerprint density at radius 2 is 1.87 bits per heavy atom. The Morgan fingerprint density at radius 3 is 2.43 bits per heavy atom. The molecule has 0 spiro atoms. The second-order valence-electron chi connectivity index (χ2n) is 5.80. The van der Waals surface area contributed by atoms with Gasteiger partial charge in [-0.1, -0.05) is 12.1 Å². The number of aliphatic hydroxyl groups excluding tert-OH is 1. The normalized spacial score (nSPS) is 18.7. The van der Waals surface area contributed by atoms with Gasteiger partial charge in [0, 0.05) is 43.8 Å². The molecule has 23 heavy (non-hydrogen) atoms. The molecule has 0 radical (unpaired) electrons. The Labute approximate surface area is 141 Å². The summed E-state index contributed by atoms with van der Waals surface area (Å²) in [7, 11) is 1.65. The number of nitrogens with zero attached hydrogens (tertiary/aromatic N) is 3. The molecule has 1 aromatic heterocycles. The van der Waals surface area contributed by atoms with Crippen LogP contribution in [0.1, 0.15) is 18.6 Å². The summed E-state index contributed by atoms with van der Waals surface area (Å²) in [5.41, 5.74) is 0.931. The molecule has 0 aliphatic carbocycles. The Bertz CT molecular complexity index is 595. The number of thiazole rings is 1. The summed E-state index contributed by atoms with van der Waals surface area (Å²) in [4.78, 5) is 9.03. The summed E-state index contributed by atoms with van der Waals surface area (Å²) in [6.45, 7) is 5.87. The minimum atomic E-state index is -0.493. The zero-order valence-electron chi connectivity index (χ0n) is 13.6. The van der Waals surface area contributed by atoms with Gasteiger partial charge < -0.3 is 14.7 Å². The molecule has 0 saturated carbocycles. The lowest BCUT2D eigenvalue weighted by molar-refractivity contribution is 0.0545. The Morgan fingerprint density at radius 1 is 1.17 bits per heavy atom. The zero-order valence-corrected chi connectivity index (χ0v) is 14.4. The monoisotopic (exact) mass is 333 g/mol. The summed E-state index contributed by atoms with van der Waals surface area (Å²) >= 11 is 1.68. The lowest BCUT2D eigenvalue weighted by atomic mass is 10.0. The molecule has 124 valence electrons. The van der Waals surface area contributed by atoms with Gasteiger partial charge in [-0.2, -0.15) is 0 Å². The number of benzene rings is 1. The third-order valence-electron chi connectivity index (χ3n) is 4.49. The first kappa shape index (κ1) is 16.2. The Kier molecular flexibility index (Phi) is 5.15. The van der Waals surface area contributed by atoms with E-state index in [2.05, 4.69) is 21.7 Å². The minimum absolute atomic E-state index is 0.0850. The average Bonchev–Trinajstić information content (AvgIpc) is 3.15. The van der Waals surface area contributed by atoms with Crippen LogP contribution in [0.15, 0.2) is 35.8 Å². The molecule has 6 heteroatoms. The molecular weight excluding hydrogens is 310 g/mol. The van der Waals surface area contributed by atoms with Crippen LogP contribution in [0.3, 0.4) is 0 Å². The summed E-state index contributed by atoms with van der Waals surface area (Å²) < 4.78 is 5.17. The quantitative estimate of drug-likeness (QED) is 0.910. The van der Waals surface area contributed by atoms with E-state index in [0.717, 1.165) is 42.6 Å². The molecule has 1 aromatic carbocycles. The molecule has 1 saturated heterocycles. The highest BCUT2D eigenvalue weighted by Gasteiger charge is 2.27. The summed E-state index contributed by atoms with van der Waals surface area (Å²) in [6, 6.07) is 7.75. The average molecular weight is 333 g/mol. The SMILES string of the molecule is COc1ccc([C@H](O)[C@@H](C)N2CCN(c3nccs3)CC2)cc1. The molecule has 2 atom stereocenters. The van der Waals surface area contributed by atoms with Crippen LogP contribution in [0.2, 0.25) is 0 Å². The number of aliphatic hydroxyl groups is 1. The third kappa shape index (κ3) is 3.65. The van der Waals surface area contributed by atoms with E-state index in [-0.39, 0.29) is 6.04 Å². The first-order valence-corrected chi connectivity index (χ1v) is 8.77. The molecule has 1 aliphatic rings. The smallest absolute Gasteiger partial charge is 0.185 e. The molecule has 1 fully saturated rings. The second-order valence-corrected chi connectivity index (χ2v) is 6.67. The van der Waals surface area contributed by atoms with Crippen LogP contribution in [0.25, 0.3) is 0 Å². The number of ether oxygens (including phenoxy) is 1. The van der Waals surface area contributed by atoms with Crippen molar-refractivity contribution in [3.05, 3.63) is 41.4 Å². The topological polar surface area (TPSA) is 48.8 Å². The van der Waals surface area contributed by atoms with Crippen molar-refractivity contribution in [2.24, 2.45) is 0 Å². The molecule has 0 amide bonds. The van der Waals surface area contributed by atoms with Crippen molar-refractivity contribution in [3.8, 4) is 5.75 Å². The Hall–Kier alpha value is -1.63.